The number of piperidine rings is 1. The molecule has 18 heavy (non-hydrogen) atoms. The first-order valence-electron chi connectivity index (χ1n) is 6.83. The van der Waals surface area contributed by atoms with Gasteiger partial charge >= 0.3 is 0 Å². The first-order chi connectivity index (χ1) is 8.79. The third-order valence-corrected chi connectivity index (χ3v) is 3.88. The zero-order chi connectivity index (χ0) is 12.8. The quantitative estimate of drug-likeness (QED) is 0.906. The van der Waals surface area contributed by atoms with Crippen LogP contribution < -0.4 is 5.32 Å². The molecule has 1 atom stereocenters. The molecule has 0 saturated carbocycles. The topological polar surface area (TPSA) is 28.2 Å². The van der Waals surface area contributed by atoms with Crippen molar-refractivity contribution in [1.82, 2.24) is 15.2 Å². The van der Waals surface area contributed by atoms with Crippen molar-refractivity contribution in [1.29, 1.82) is 0 Å². The Morgan fingerprint density at radius 3 is 3.06 bits per heavy atom. The van der Waals surface area contributed by atoms with Gasteiger partial charge in [-0.25, -0.2) is 0 Å². The third kappa shape index (κ3) is 4.04. The van der Waals surface area contributed by atoms with Crippen LogP contribution in [0.4, 0.5) is 0 Å². The molecule has 100 valence electrons. The molecule has 1 unspecified atom stereocenters. The Balaban J connectivity index is 2.00. The van der Waals surface area contributed by atoms with Crippen LogP contribution in [0.2, 0.25) is 0 Å². The number of hydrogen-bond donors (Lipinski definition) is 1. The average molecular weight is 312 g/mol. The smallest absolute Gasteiger partial charge is 0.0410 e. The van der Waals surface area contributed by atoms with E-state index in [0.29, 0.717) is 6.04 Å². The van der Waals surface area contributed by atoms with Crippen LogP contribution in [0.15, 0.2) is 22.9 Å². The molecule has 1 aliphatic heterocycles. The lowest BCUT2D eigenvalue weighted by Crippen LogP contribution is -2.45. The molecule has 0 aromatic carbocycles. The second-order valence-corrected chi connectivity index (χ2v) is 5.90. The lowest BCUT2D eigenvalue weighted by atomic mass is 10.0. The Labute approximate surface area is 118 Å². The minimum absolute atomic E-state index is 0.678. The summed E-state index contributed by atoms with van der Waals surface area (Å²) in [4.78, 5) is 6.85. The minimum atomic E-state index is 0.678. The lowest BCUT2D eigenvalue weighted by molar-refractivity contribution is 0.158. The molecular formula is C14H22BrN3. The zero-order valence-electron chi connectivity index (χ0n) is 11.0. The molecule has 1 fully saturated rings. The number of pyridine rings is 1. The van der Waals surface area contributed by atoms with Gasteiger partial charge in [0.15, 0.2) is 0 Å². The van der Waals surface area contributed by atoms with Gasteiger partial charge in [-0.05, 0) is 59.9 Å². The molecule has 1 N–H and O–H groups in total. The van der Waals surface area contributed by atoms with Gasteiger partial charge in [-0.1, -0.05) is 6.92 Å². The van der Waals surface area contributed by atoms with Crippen LogP contribution in [-0.4, -0.2) is 35.6 Å². The molecule has 3 nitrogen and oxygen atoms in total. The van der Waals surface area contributed by atoms with Crippen LogP contribution in [0.5, 0.6) is 0 Å². The highest BCUT2D eigenvalue weighted by atomic mass is 79.9. The number of nitrogens with zero attached hydrogens (tertiary/aromatic N) is 2. The maximum Gasteiger partial charge on any atom is 0.0410 e. The average Bonchev–Trinajstić information content (AvgIpc) is 2.39. The second kappa shape index (κ2) is 7.22. The Bertz CT molecular complexity index is 364. The summed E-state index contributed by atoms with van der Waals surface area (Å²) >= 11 is 3.49. The van der Waals surface area contributed by atoms with E-state index in [1.165, 1.54) is 37.9 Å². The van der Waals surface area contributed by atoms with Crippen LogP contribution in [0.1, 0.15) is 31.7 Å². The van der Waals surface area contributed by atoms with Crippen LogP contribution in [0.3, 0.4) is 0 Å². The molecular weight excluding hydrogens is 290 g/mol. The molecule has 1 aromatic heterocycles. The van der Waals surface area contributed by atoms with E-state index in [1.807, 2.05) is 12.4 Å². The van der Waals surface area contributed by atoms with Crippen molar-refractivity contribution < 1.29 is 0 Å². The maximum atomic E-state index is 4.25. The van der Waals surface area contributed by atoms with Gasteiger partial charge in [-0.2, -0.15) is 0 Å². The van der Waals surface area contributed by atoms with Gasteiger partial charge in [0.1, 0.15) is 0 Å². The molecule has 0 amide bonds. The van der Waals surface area contributed by atoms with E-state index in [-0.39, 0.29) is 0 Å². The lowest BCUT2D eigenvalue weighted by Gasteiger charge is -2.34. The van der Waals surface area contributed by atoms with Gasteiger partial charge in [0, 0.05) is 36.0 Å². The fourth-order valence-electron chi connectivity index (χ4n) is 2.60. The van der Waals surface area contributed by atoms with E-state index in [2.05, 4.69) is 44.1 Å². The summed E-state index contributed by atoms with van der Waals surface area (Å²) in [6, 6.07) is 2.85. The summed E-state index contributed by atoms with van der Waals surface area (Å²) in [5.74, 6) is 0. The zero-order valence-corrected chi connectivity index (χ0v) is 12.6. The normalized spacial score (nSPS) is 20.3. The number of aromatic nitrogens is 1. The molecule has 1 saturated heterocycles. The van der Waals surface area contributed by atoms with Crippen molar-refractivity contribution in [2.24, 2.45) is 0 Å². The van der Waals surface area contributed by atoms with E-state index >= 15 is 0 Å². The van der Waals surface area contributed by atoms with Gasteiger partial charge in [0.05, 0.1) is 0 Å². The first-order valence-corrected chi connectivity index (χ1v) is 7.63. The fraction of sp³-hybridized carbons (Fsp3) is 0.643. The number of nitrogens with one attached hydrogen (secondary N) is 1. The predicted octanol–water partition coefficient (Wildman–Crippen LogP) is 2.81. The highest BCUT2D eigenvalue weighted by Gasteiger charge is 2.20. The third-order valence-electron chi connectivity index (χ3n) is 3.45. The molecule has 0 radical (unpaired) electrons. The minimum Gasteiger partial charge on any atom is -0.315 e. The highest BCUT2D eigenvalue weighted by molar-refractivity contribution is 9.10. The number of rotatable bonds is 5. The standard InChI is InChI=1S/C14H22BrN3/c1-2-6-18(14-4-3-5-16-10-14)11-12-7-13(15)9-17-8-12/h7-9,14,16H,2-6,10-11H2,1H3. The molecule has 2 rings (SSSR count). The fourth-order valence-corrected chi connectivity index (χ4v) is 3.01. The number of hydrogen-bond acceptors (Lipinski definition) is 3. The molecule has 1 aromatic rings. The Morgan fingerprint density at radius 2 is 2.39 bits per heavy atom. The molecule has 0 bridgehead atoms. The van der Waals surface area contributed by atoms with E-state index < -0.39 is 0 Å². The van der Waals surface area contributed by atoms with Crippen LogP contribution >= 0.6 is 15.9 Å². The van der Waals surface area contributed by atoms with Crippen molar-refractivity contribution >= 4 is 15.9 Å². The van der Waals surface area contributed by atoms with Crippen LogP contribution in [-0.2, 0) is 6.54 Å². The monoisotopic (exact) mass is 311 g/mol. The van der Waals surface area contributed by atoms with Gasteiger partial charge in [-0.3, -0.25) is 9.88 Å². The van der Waals surface area contributed by atoms with E-state index in [4.69, 9.17) is 0 Å². The largest absolute Gasteiger partial charge is 0.315 e. The second-order valence-electron chi connectivity index (χ2n) is 4.98. The Hall–Kier alpha value is -0.450. The van der Waals surface area contributed by atoms with Crippen molar-refractivity contribution in [3.63, 3.8) is 0 Å². The van der Waals surface area contributed by atoms with Gasteiger partial charge in [0.2, 0.25) is 0 Å². The van der Waals surface area contributed by atoms with Crippen molar-refractivity contribution in [3.8, 4) is 0 Å². The molecule has 0 spiro atoms. The van der Waals surface area contributed by atoms with Gasteiger partial charge in [0.25, 0.3) is 0 Å². The van der Waals surface area contributed by atoms with Crippen molar-refractivity contribution in [2.45, 2.75) is 38.8 Å². The molecule has 1 aliphatic rings. The summed E-state index contributed by atoms with van der Waals surface area (Å²) in [6.07, 6.45) is 7.63. The van der Waals surface area contributed by atoms with E-state index in [1.54, 1.807) is 0 Å². The van der Waals surface area contributed by atoms with Crippen LogP contribution in [0.25, 0.3) is 0 Å². The Kier molecular flexibility index (Phi) is 5.60. The van der Waals surface area contributed by atoms with Gasteiger partial charge < -0.3 is 5.32 Å². The van der Waals surface area contributed by atoms with Crippen LogP contribution in [0, 0.1) is 0 Å². The van der Waals surface area contributed by atoms with Crippen molar-refractivity contribution in [2.75, 3.05) is 19.6 Å². The van der Waals surface area contributed by atoms with E-state index in [9.17, 15) is 0 Å². The summed E-state index contributed by atoms with van der Waals surface area (Å²) < 4.78 is 1.07. The molecule has 4 heteroatoms. The molecule has 2 heterocycles. The number of halogens is 1. The SMILES string of the molecule is CCCN(Cc1cncc(Br)c1)C1CCCNC1. The van der Waals surface area contributed by atoms with Crippen molar-refractivity contribution in [3.05, 3.63) is 28.5 Å². The maximum absolute atomic E-state index is 4.25. The molecule has 0 aliphatic carbocycles. The Morgan fingerprint density at radius 1 is 1.50 bits per heavy atom. The summed E-state index contributed by atoms with van der Waals surface area (Å²) in [5.41, 5.74) is 1.29. The van der Waals surface area contributed by atoms with Gasteiger partial charge in [-0.15, -0.1) is 0 Å². The summed E-state index contributed by atoms with van der Waals surface area (Å²) in [5, 5.41) is 3.50. The summed E-state index contributed by atoms with van der Waals surface area (Å²) in [6.45, 7) is 6.73. The highest BCUT2D eigenvalue weighted by Crippen LogP contribution is 2.16. The first kappa shape index (κ1) is 14.0. The summed E-state index contributed by atoms with van der Waals surface area (Å²) in [7, 11) is 0. The van der Waals surface area contributed by atoms with E-state index in [0.717, 1.165) is 17.6 Å². The predicted molar refractivity (Wildman–Crippen MR) is 78.5 cm³/mol.